The number of likely N-dealkylation sites (tertiary alicyclic amines) is 1. The first-order valence-corrected chi connectivity index (χ1v) is 14.0. The number of halogens is 2. The summed E-state index contributed by atoms with van der Waals surface area (Å²) in [6.07, 6.45) is 5.47. The zero-order chi connectivity index (χ0) is 30.0. The monoisotopic (exact) mass is 576 g/mol. The van der Waals surface area contributed by atoms with Crippen LogP contribution in [0.4, 0.5) is 14.5 Å². The Morgan fingerprint density at radius 2 is 1.76 bits per heavy atom. The quantitative estimate of drug-likeness (QED) is 0.445. The molecular formula is C32H34F2N4O4. The molecule has 5 rings (SSSR count). The summed E-state index contributed by atoms with van der Waals surface area (Å²) in [5.74, 6) is -2.47. The Labute approximate surface area is 243 Å². The molecule has 2 aromatic carbocycles. The molecule has 1 N–H and O–H groups in total. The number of fused-ring (bicyclic) bond motifs is 1. The molecular weight excluding hydrogens is 542 g/mol. The first-order valence-electron chi connectivity index (χ1n) is 14.0. The largest absolute Gasteiger partial charge is 0.497 e. The third-order valence-corrected chi connectivity index (χ3v) is 8.09. The second-order valence-corrected chi connectivity index (χ2v) is 11.3. The zero-order valence-corrected chi connectivity index (χ0v) is 24.0. The maximum absolute atomic E-state index is 15.5. The van der Waals surface area contributed by atoms with E-state index in [-0.39, 0.29) is 36.0 Å². The van der Waals surface area contributed by atoms with E-state index in [1.807, 2.05) is 6.07 Å². The molecule has 0 saturated carbocycles. The van der Waals surface area contributed by atoms with Crippen LogP contribution in [0.5, 0.6) is 5.75 Å². The van der Waals surface area contributed by atoms with E-state index in [1.54, 1.807) is 48.7 Å². The molecule has 1 aromatic heterocycles. The number of hydrogen-bond acceptors (Lipinski definition) is 5. The van der Waals surface area contributed by atoms with E-state index >= 15 is 8.78 Å². The topological polar surface area (TPSA) is 91.8 Å². The Morgan fingerprint density at radius 1 is 1.05 bits per heavy atom. The second-order valence-electron chi connectivity index (χ2n) is 11.3. The number of carbonyl (C=O) groups excluding carboxylic acids is 3. The van der Waals surface area contributed by atoms with Crippen molar-refractivity contribution in [1.29, 1.82) is 0 Å². The van der Waals surface area contributed by atoms with Crippen molar-refractivity contribution < 1.29 is 27.9 Å². The van der Waals surface area contributed by atoms with Gasteiger partial charge in [-0.1, -0.05) is 12.1 Å². The average Bonchev–Trinajstić information content (AvgIpc) is 3.50. The van der Waals surface area contributed by atoms with Crippen molar-refractivity contribution in [2.24, 2.45) is 0 Å². The lowest BCUT2D eigenvalue weighted by Gasteiger charge is -2.36. The zero-order valence-electron chi connectivity index (χ0n) is 24.0. The molecule has 8 nitrogen and oxygen atoms in total. The van der Waals surface area contributed by atoms with Crippen LogP contribution < -0.4 is 10.1 Å². The molecule has 0 unspecified atom stereocenters. The molecule has 0 spiro atoms. The number of nitrogens with zero attached hydrogens (tertiary/aromatic N) is 3. The van der Waals surface area contributed by atoms with Crippen molar-refractivity contribution >= 4 is 23.4 Å². The molecule has 1 atom stereocenters. The number of benzene rings is 2. The molecule has 3 heterocycles. The summed E-state index contributed by atoms with van der Waals surface area (Å²) in [4.78, 5) is 47.5. The minimum Gasteiger partial charge on any atom is -0.497 e. The smallest absolute Gasteiger partial charge is 0.251 e. The SMILES string of the molecule is COc1ccc2c(c1)CCN(C(=O)Cc1cccnc1)[C@H]2C(=O)Nc1cc(F)c(C(C)(C)C(=O)N2CCCC2)c(F)c1. The summed E-state index contributed by atoms with van der Waals surface area (Å²) in [5.41, 5.74) is 0.263. The summed E-state index contributed by atoms with van der Waals surface area (Å²) in [7, 11) is 1.55. The second kappa shape index (κ2) is 11.9. The van der Waals surface area contributed by atoms with Gasteiger partial charge in [0.15, 0.2) is 0 Å². The van der Waals surface area contributed by atoms with Crippen LogP contribution in [-0.2, 0) is 32.6 Å². The van der Waals surface area contributed by atoms with Crippen molar-refractivity contribution in [3.8, 4) is 5.75 Å². The van der Waals surface area contributed by atoms with Gasteiger partial charge in [-0.05, 0) is 80.1 Å². The molecule has 2 aliphatic rings. The predicted octanol–water partition coefficient (Wildman–Crippen LogP) is 4.58. The van der Waals surface area contributed by atoms with Crippen LogP contribution in [0.3, 0.4) is 0 Å². The molecule has 1 fully saturated rings. The summed E-state index contributed by atoms with van der Waals surface area (Å²) < 4.78 is 36.3. The van der Waals surface area contributed by atoms with Crippen LogP contribution >= 0.6 is 0 Å². The molecule has 0 radical (unpaired) electrons. The number of ether oxygens (including phenoxy) is 1. The molecule has 1 saturated heterocycles. The first-order chi connectivity index (χ1) is 20.1. The number of nitrogens with one attached hydrogen (secondary N) is 1. The maximum Gasteiger partial charge on any atom is 0.251 e. The summed E-state index contributed by atoms with van der Waals surface area (Å²) in [5, 5.41) is 2.62. The van der Waals surface area contributed by atoms with E-state index < -0.39 is 29.0 Å². The van der Waals surface area contributed by atoms with Crippen LogP contribution in [0.1, 0.15) is 55.0 Å². The van der Waals surface area contributed by atoms with E-state index in [4.69, 9.17) is 4.74 Å². The number of aromatic nitrogens is 1. The van der Waals surface area contributed by atoms with Gasteiger partial charge in [0.25, 0.3) is 5.91 Å². The standard InChI is InChI=1S/C32H34F2N4O4/c1-32(2,31(41)37-12-4-5-13-37)28-25(33)17-22(18-26(28)34)36-30(40)29-24-9-8-23(42-3)16-21(24)10-14-38(29)27(39)15-20-7-6-11-35-19-20/h6-9,11,16-19,29H,4-5,10,12-15H2,1-3H3,(H,36,40)/t29-/m1/s1. The predicted molar refractivity (Wildman–Crippen MR) is 153 cm³/mol. The molecule has 42 heavy (non-hydrogen) atoms. The van der Waals surface area contributed by atoms with Gasteiger partial charge in [0.1, 0.15) is 23.4 Å². The minimum absolute atomic E-state index is 0.0428. The molecule has 10 heteroatoms. The third kappa shape index (κ3) is 5.70. The van der Waals surface area contributed by atoms with Crippen LogP contribution in [0.2, 0.25) is 0 Å². The van der Waals surface area contributed by atoms with Gasteiger partial charge in [-0.3, -0.25) is 19.4 Å². The lowest BCUT2D eigenvalue weighted by atomic mass is 9.82. The number of carbonyl (C=O) groups is 3. The van der Waals surface area contributed by atoms with Crippen LogP contribution in [-0.4, -0.2) is 59.2 Å². The van der Waals surface area contributed by atoms with E-state index in [1.165, 1.54) is 18.7 Å². The highest BCUT2D eigenvalue weighted by molar-refractivity contribution is 5.99. The Kier molecular flexibility index (Phi) is 8.24. The Morgan fingerprint density at radius 3 is 2.40 bits per heavy atom. The van der Waals surface area contributed by atoms with E-state index in [0.717, 1.165) is 30.5 Å². The number of methoxy groups -OCH3 is 1. The van der Waals surface area contributed by atoms with E-state index in [2.05, 4.69) is 10.3 Å². The van der Waals surface area contributed by atoms with Gasteiger partial charge in [0, 0.05) is 43.3 Å². The fraction of sp³-hybridized carbons (Fsp3) is 0.375. The molecule has 0 aliphatic carbocycles. The summed E-state index contributed by atoms with van der Waals surface area (Å²) >= 11 is 0. The number of pyridine rings is 1. The van der Waals surface area contributed by atoms with Gasteiger partial charge in [0.2, 0.25) is 11.8 Å². The van der Waals surface area contributed by atoms with Crippen molar-refractivity contribution in [1.82, 2.24) is 14.8 Å². The van der Waals surface area contributed by atoms with Gasteiger partial charge < -0.3 is 19.9 Å². The summed E-state index contributed by atoms with van der Waals surface area (Å²) in [6, 6.07) is 9.79. The Bertz CT molecular complexity index is 1480. The highest BCUT2D eigenvalue weighted by Gasteiger charge is 2.40. The van der Waals surface area contributed by atoms with Crippen molar-refractivity contribution in [3.63, 3.8) is 0 Å². The van der Waals surface area contributed by atoms with Crippen LogP contribution in [0.25, 0.3) is 0 Å². The van der Waals surface area contributed by atoms with E-state index in [0.29, 0.717) is 36.4 Å². The lowest BCUT2D eigenvalue weighted by molar-refractivity contribution is -0.139. The molecule has 0 bridgehead atoms. The number of anilines is 1. The Hall–Kier alpha value is -4.34. The van der Waals surface area contributed by atoms with Crippen LogP contribution in [0.15, 0.2) is 54.9 Å². The molecule has 2 aliphatic heterocycles. The maximum atomic E-state index is 15.5. The third-order valence-electron chi connectivity index (χ3n) is 8.09. The number of rotatable bonds is 7. The normalized spacial score (nSPS) is 16.6. The highest BCUT2D eigenvalue weighted by atomic mass is 19.1. The van der Waals surface area contributed by atoms with Crippen molar-refractivity contribution in [3.05, 3.63) is 88.7 Å². The fourth-order valence-electron chi connectivity index (χ4n) is 5.94. The number of amides is 3. The minimum atomic E-state index is -1.43. The van der Waals surface area contributed by atoms with Gasteiger partial charge in [-0.2, -0.15) is 0 Å². The van der Waals surface area contributed by atoms with Gasteiger partial charge in [-0.15, -0.1) is 0 Å². The van der Waals surface area contributed by atoms with E-state index in [9.17, 15) is 14.4 Å². The van der Waals surface area contributed by atoms with Gasteiger partial charge in [0.05, 0.1) is 18.9 Å². The van der Waals surface area contributed by atoms with Crippen molar-refractivity contribution in [2.75, 3.05) is 32.1 Å². The molecule has 3 amide bonds. The summed E-state index contributed by atoms with van der Waals surface area (Å²) in [6.45, 7) is 4.40. The highest BCUT2D eigenvalue weighted by Crippen LogP contribution is 2.36. The van der Waals surface area contributed by atoms with Gasteiger partial charge in [-0.25, -0.2) is 8.78 Å². The van der Waals surface area contributed by atoms with Gasteiger partial charge >= 0.3 is 0 Å². The van der Waals surface area contributed by atoms with Crippen molar-refractivity contribution in [2.45, 2.75) is 51.0 Å². The fourth-order valence-corrected chi connectivity index (χ4v) is 5.94. The molecule has 220 valence electrons. The average molecular weight is 577 g/mol. The molecule has 3 aromatic rings. The first kappa shape index (κ1) is 29.2. The number of hydrogen-bond donors (Lipinski definition) is 1. The Balaban J connectivity index is 1.44. The lowest BCUT2D eigenvalue weighted by Crippen LogP contribution is -2.46. The van der Waals surface area contributed by atoms with Crippen LogP contribution in [0, 0.1) is 11.6 Å².